The summed E-state index contributed by atoms with van der Waals surface area (Å²) in [5.41, 5.74) is 4.41. The van der Waals surface area contributed by atoms with Crippen LogP contribution in [0, 0.1) is 6.92 Å². The largest absolute Gasteiger partial charge is 0.372 e. The molecule has 0 bridgehead atoms. The number of halogens is 1. The molecule has 1 heterocycles. The van der Waals surface area contributed by atoms with Crippen LogP contribution in [0.1, 0.15) is 25.0 Å². The Bertz CT molecular complexity index is 924. The molecule has 3 rings (SSSR count). The SMILES string of the molecule is CCN(CC)c1ccc(Nc2nccc(NCc3ccccc3Cl)n2)c(C)c1. The number of hydrogen-bond donors (Lipinski definition) is 2. The molecule has 0 radical (unpaired) electrons. The van der Waals surface area contributed by atoms with Gasteiger partial charge < -0.3 is 15.5 Å². The van der Waals surface area contributed by atoms with Crippen LogP contribution in [0.3, 0.4) is 0 Å². The predicted molar refractivity (Wildman–Crippen MR) is 119 cm³/mol. The van der Waals surface area contributed by atoms with Gasteiger partial charge in [-0.2, -0.15) is 4.98 Å². The highest BCUT2D eigenvalue weighted by Crippen LogP contribution is 2.25. The van der Waals surface area contributed by atoms with Crippen molar-refractivity contribution < 1.29 is 0 Å². The monoisotopic (exact) mass is 395 g/mol. The summed E-state index contributed by atoms with van der Waals surface area (Å²) in [6, 6.07) is 16.0. The maximum absolute atomic E-state index is 6.21. The Morgan fingerprint density at radius 1 is 1.04 bits per heavy atom. The molecule has 5 nitrogen and oxygen atoms in total. The lowest BCUT2D eigenvalue weighted by molar-refractivity contribution is 0.866. The summed E-state index contributed by atoms with van der Waals surface area (Å²) in [6.45, 7) is 9.01. The minimum absolute atomic E-state index is 0.558. The van der Waals surface area contributed by atoms with Gasteiger partial charge in [0, 0.05) is 42.2 Å². The van der Waals surface area contributed by atoms with Crippen molar-refractivity contribution in [2.75, 3.05) is 28.6 Å². The van der Waals surface area contributed by atoms with E-state index in [9.17, 15) is 0 Å². The summed E-state index contributed by atoms with van der Waals surface area (Å²) in [4.78, 5) is 11.2. The van der Waals surface area contributed by atoms with Crippen molar-refractivity contribution in [2.45, 2.75) is 27.3 Å². The van der Waals surface area contributed by atoms with Gasteiger partial charge in [0.2, 0.25) is 5.95 Å². The molecular weight excluding hydrogens is 370 g/mol. The first-order chi connectivity index (χ1) is 13.6. The first-order valence-electron chi connectivity index (χ1n) is 9.53. The number of nitrogens with one attached hydrogen (secondary N) is 2. The smallest absolute Gasteiger partial charge is 0.229 e. The van der Waals surface area contributed by atoms with Gasteiger partial charge in [0.25, 0.3) is 0 Å². The molecule has 0 saturated heterocycles. The number of anilines is 4. The molecule has 1 aromatic heterocycles. The summed E-state index contributed by atoms with van der Waals surface area (Å²) < 4.78 is 0. The lowest BCUT2D eigenvalue weighted by Crippen LogP contribution is -2.21. The average Bonchev–Trinajstić information content (AvgIpc) is 2.71. The molecule has 0 aliphatic carbocycles. The molecule has 2 N–H and O–H groups in total. The molecule has 146 valence electrons. The van der Waals surface area contributed by atoms with Crippen LogP contribution < -0.4 is 15.5 Å². The van der Waals surface area contributed by atoms with Crippen molar-refractivity contribution in [1.29, 1.82) is 0 Å². The van der Waals surface area contributed by atoms with Gasteiger partial charge in [-0.3, -0.25) is 0 Å². The van der Waals surface area contributed by atoms with Crippen LogP contribution in [-0.2, 0) is 6.54 Å². The van der Waals surface area contributed by atoms with Gasteiger partial charge in [0.05, 0.1) is 0 Å². The van der Waals surface area contributed by atoms with E-state index in [1.54, 1.807) is 6.20 Å². The summed E-state index contributed by atoms with van der Waals surface area (Å²) >= 11 is 6.21. The first kappa shape index (κ1) is 20.0. The van der Waals surface area contributed by atoms with Crippen LogP contribution in [0.15, 0.2) is 54.7 Å². The highest BCUT2D eigenvalue weighted by atomic mass is 35.5. The Kier molecular flexibility index (Phi) is 6.71. The minimum atomic E-state index is 0.558. The summed E-state index contributed by atoms with van der Waals surface area (Å²) in [5, 5.41) is 7.36. The molecule has 0 aliphatic rings. The second-order valence-corrected chi connectivity index (χ2v) is 6.91. The highest BCUT2D eigenvalue weighted by molar-refractivity contribution is 6.31. The second kappa shape index (κ2) is 9.42. The van der Waals surface area contributed by atoms with Gasteiger partial charge >= 0.3 is 0 Å². The Morgan fingerprint density at radius 2 is 1.82 bits per heavy atom. The third-order valence-electron chi connectivity index (χ3n) is 4.66. The highest BCUT2D eigenvalue weighted by Gasteiger charge is 2.07. The van der Waals surface area contributed by atoms with Gasteiger partial charge in [-0.15, -0.1) is 0 Å². The fourth-order valence-electron chi connectivity index (χ4n) is 3.04. The molecule has 0 spiro atoms. The van der Waals surface area contributed by atoms with E-state index in [0.29, 0.717) is 12.5 Å². The van der Waals surface area contributed by atoms with Crippen molar-refractivity contribution in [3.05, 3.63) is 70.9 Å². The van der Waals surface area contributed by atoms with Crippen LogP contribution in [0.4, 0.5) is 23.1 Å². The molecule has 0 amide bonds. The molecule has 6 heteroatoms. The van der Waals surface area contributed by atoms with Crippen molar-refractivity contribution in [3.63, 3.8) is 0 Å². The topological polar surface area (TPSA) is 53.1 Å². The maximum atomic E-state index is 6.21. The molecular formula is C22H26ClN5. The van der Waals surface area contributed by atoms with Crippen molar-refractivity contribution in [3.8, 4) is 0 Å². The van der Waals surface area contributed by atoms with E-state index in [-0.39, 0.29) is 0 Å². The molecule has 0 aliphatic heterocycles. The van der Waals surface area contributed by atoms with Crippen molar-refractivity contribution >= 4 is 34.7 Å². The zero-order chi connectivity index (χ0) is 19.9. The maximum Gasteiger partial charge on any atom is 0.229 e. The predicted octanol–water partition coefficient (Wildman–Crippen LogP) is 5.64. The number of aryl methyl sites for hydroxylation is 1. The van der Waals surface area contributed by atoms with Crippen LogP contribution in [-0.4, -0.2) is 23.1 Å². The summed E-state index contributed by atoms with van der Waals surface area (Å²) in [5.74, 6) is 1.30. The first-order valence-corrected chi connectivity index (χ1v) is 9.91. The van der Waals surface area contributed by atoms with Crippen molar-refractivity contribution in [1.82, 2.24) is 9.97 Å². The number of hydrogen-bond acceptors (Lipinski definition) is 5. The summed E-state index contributed by atoms with van der Waals surface area (Å²) in [6.07, 6.45) is 1.74. The Labute approximate surface area is 171 Å². The van der Waals surface area contributed by atoms with Gasteiger partial charge in [0.15, 0.2) is 0 Å². The molecule has 28 heavy (non-hydrogen) atoms. The van der Waals surface area contributed by atoms with E-state index in [1.807, 2.05) is 30.3 Å². The van der Waals surface area contributed by atoms with E-state index >= 15 is 0 Å². The third-order valence-corrected chi connectivity index (χ3v) is 5.03. The molecule has 3 aromatic rings. The minimum Gasteiger partial charge on any atom is -0.372 e. The Balaban J connectivity index is 1.70. The number of nitrogens with zero attached hydrogens (tertiary/aromatic N) is 3. The van der Waals surface area contributed by atoms with Gasteiger partial charge in [0.1, 0.15) is 5.82 Å². The Hall–Kier alpha value is -2.79. The average molecular weight is 396 g/mol. The molecule has 0 atom stereocenters. The molecule has 0 unspecified atom stereocenters. The van der Waals surface area contributed by atoms with E-state index in [4.69, 9.17) is 11.6 Å². The Morgan fingerprint density at radius 3 is 2.54 bits per heavy atom. The van der Waals surface area contributed by atoms with Gasteiger partial charge in [-0.25, -0.2) is 4.98 Å². The fourth-order valence-corrected chi connectivity index (χ4v) is 3.24. The van der Waals surface area contributed by atoms with Gasteiger partial charge in [-0.05, 0) is 62.2 Å². The second-order valence-electron chi connectivity index (χ2n) is 6.51. The fraction of sp³-hybridized carbons (Fsp3) is 0.273. The lowest BCUT2D eigenvalue weighted by atomic mass is 10.1. The lowest BCUT2D eigenvalue weighted by Gasteiger charge is -2.22. The van der Waals surface area contributed by atoms with E-state index in [2.05, 4.69) is 64.5 Å². The zero-order valence-corrected chi connectivity index (χ0v) is 17.3. The quantitative estimate of drug-likeness (QED) is 0.516. The molecule has 0 fully saturated rings. The molecule has 2 aromatic carbocycles. The number of aromatic nitrogens is 2. The normalized spacial score (nSPS) is 10.6. The van der Waals surface area contributed by atoms with E-state index in [0.717, 1.165) is 40.7 Å². The van der Waals surface area contributed by atoms with Crippen LogP contribution in [0.2, 0.25) is 5.02 Å². The molecule has 0 saturated carbocycles. The van der Waals surface area contributed by atoms with Crippen molar-refractivity contribution in [2.24, 2.45) is 0 Å². The summed E-state index contributed by atoms with van der Waals surface area (Å²) in [7, 11) is 0. The van der Waals surface area contributed by atoms with Gasteiger partial charge in [-0.1, -0.05) is 29.8 Å². The van der Waals surface area contributed by atoms with E-state index in [1.165, 1.54) is 5.69 Å². The van der Waals surface area contributed by atoms with Crippen LogP contribution >= 0.6 is 11.6 Å². The third kappa shape index (κ3) is 4.93. The van der Waals surface area contributed by atoms with E-state index < -0.39 is 0 Å². The standard InChI is InChI=1S/C22H26ClN5/c1-4-28(5-2)18-10-11-20(16(3)14-18)26-22-24-13-12-21(27-22)25-15-17-8-6-7-9-19(17)23/h6-14H,4-5,15H2,1-3H3,(H2,24,25,26,27). The number of benzene rings is 2. The zero-order valence-electron chi connectivity index (χ0n) is 16.5. The number of rotatable bonds is 8. The van der Waals surface area contributed by atoms with Crippen LogP contribution in [0.25, 0.3) is 0 Å². The van der Waals surface area contributed by atoms with Crippen LogP contribution in [0.5, 0.6) is 0 Å².